The number of benzene rings is 4. The van der Waals surface area contributed by atoms with Crippen molar-refractivity contribution in [1.82, 2.24) is 15.3 Å². The van der Waals surface area contributed by atoms with Crippen LogP contribution in [-0.2, 0) is 6.54 Å². The van der Waals surface area contributed by atoms with E-state index < -0.39 is 0 Å². The van der Waals surface area contributed by atoms with E-state index in [0.29, 0.717) is 29.9 Å². The van der Waals surface area contributed by atoms with Gasteiger partial charge in [-0.3, -0.25) is 4.79 Å². The minimum absolute atomic E-state index is 0.118. The lowest BCUT2D eigenvalue weighted by Gasteiger charge is -2.49. The predicted molar refractivity (Wildman–Crippen MR) is 156 cm³/mol. The number of hydrogen-bond acceptors (Lipinski definition) is 4. The molecule has 7 rings (SSSR count). The molecular formula is C34H33N3O2. The topological polar surface area (TPSA) is 64.1 Å². The van der Waals surface area contributed by atoms with E-state index in [0.717, 1.165) is 57.0 Å². The van der Waals surface area contributed by atoms with Gasteiger partial charge in [-0.05, 0) is 62.3 Å². The maximum Gasteiger partial charge on any atom is 0.251 e. The van der Waals surface area contributed by atoms with Crippen LogP contribution in [0.5, 0.6) is 5.75 Å². The monoisotopic (exact) mass is 515 g/mol. The minimum Gasteiger partial charge on any atom is -0.487 e. The van der Waals surface area contributed by atoms with Crippen molar-refractivity contribution in [2.24, 2.45) is 11.8 Å². The van der Waals surface area contributed by atoms with Crippen LogP contribution >= 0.6 is 0 Å². The number of rotatable bonds is 3. The van der Waals surface area contributed by atoms with E-state index in [1.54, 1.807) is 0 Å². The van der Waals surface area contributed by atoms with E-state index >= 15 is 0 Å². The summed E-state index contributed by atoms with van der Waals surface area (Å²) < 4.78 is 6.85. The number of ether oxygens (including phenoxy) is 1. The molecule has 3 atom stereocenters. The fourth-order valence-electron chi connectivity index (χ4n) is 6.92. The first-order valence-electron chi connectivity index (χ1n) is 14.1. The molecule has 2 aliphatic rings. The summed E-state index contributed by atoms with van der Waals surface area (Å²) in [6.45, 7) is 7.35. The first kappa shape index (κ1) is 24.1. The lowest BCUT2D eigenvalue weighted by Crippen LogP contribution is -2.46. The summed E-state index contributed by atoms with van der Waals surface area (Å²) in [6, 6.07) is 24.0. The lowest BCUT2D eigenvalue weighted by atomic mass is 9.64. The highest BCUT2D eigenvalue weighted by molar-refractivity contribution is 6.11. The molecular weight excluding hydrogens is 482 g/mol. The van der Waals surface area contributed by atoms with E-state index in [2.05, 4.69) is 44.3 Å². The number of amides is 1. The van der Waals surface area contributed by atoms with Crippen LogP contribution in [0.2, 0.25) is 0 Å². The Morgan fingerprint density at radius 1 is 0.923 bits per heavy atom. The molecule has 1 N–H and O–H groups in total. The molecule has 1 saturated carbocycles. The summed E-state index contributed by atoms with van der Waals surface area (Å²) in [5.74, 6) is 2.35. The average Bonchev–Trinajstić information content (AvgIpc) is 2.95. The standard InChI is InChI=1S/C34H33N3O2/c1-20-13-15-26-25(17-20)29-31-30(23-11-7-8-12-24(23)32(29)39-34(26,2)3)37-28-18-22(14-16-27(28)36-31)33(38)35-19-21-9-5-4-6-10-21/h4-12,14,16,18,20,25-26H,13,15,17,19H2,1-3H3,(H,35,38)/t20-,25-,26-/m0/s1. The van der Waals surface area contributed by atoms with Crippen LogP contribution in [0.3, 0.4) is 0 Å². The van der Waals surface area contributed by atoms with Gasteiger partial charge in [-0.2, -0.15) is 0 Å². The third-order valence-electron chi connectivity index (χ3n) is 8.89. The highest BCUT2D eigenvalue weighted by atomic mass is 16.5. The summed E-state index contributed by atoms with van der Waals surface area (Å²) in [7, 11) is 0. The summed E-state index contributed by atoms with van der Waals surface area (Å²) in [5, 5.41) is 5.16. The third kappa shape index (κ3) is 4.03. The molecule has 4 aromatic carbocycles. The van der Waals surface area contributed by atoms with Gasteiger partial charge in [0.05, 0.1) is 22.1 Å². The van der Waals surface area contributed by atoms with Gasteiger partial charge < -0.3 is 10.1 Å². The Hall–Kier alpha value is -3.99. The van der Waals surface area contributed by atoms with E-state index in [1.165, 1.54) is 12.0 Å². The zero-order valence-corrected chi connectivity index (χ0v) is 22.7. The summed E-state index contributed by atoms with van der Waals surface area (Å²) in [4.78, 5) is 23.4. The molecule has 0 bridgehead atoms. The largest absolute Gasteiger partial charge is 0.487 e. The average molecular weight is 516 g/mol. The van der Waals surface area contributed by atoms with Gasteiger partial charge in [0.25, 0.3) is 5.91 Å². The second-order valence-corrected chi connectivity index (χ2v) is 11.9. The molecule has 0 radical (unpaired) electrons. The molecule has 5 nitrogen and oxygen atoms in total. The Labute approximate surface area is 228 Å². The Kier molecular flexibility index (Phi) is 5.58. The van der Waals surface area contributed by atoms with Crippen molar-refractivity contribution in [2.75, 3.05) is 0 Å². The van der Waals surface area contributed by atoms with Gasteiger partial charge in [0, 0.05) is 34.4 Å². The normalized spacial score (nSPS) is 21.8. The van der Waals surface area contributed by atoms with Gasteiger partial charge in [-0.15, -0.1) is 0 Å². The van der Waals surface area contributed by atoms with Crippen molar-refractivity contribution in [2.45, 2.75) is 58.1 Å². The number of nitrogens with zero attached hydrogens (tertiary/aromatic N) is 2. The molecule has 1 aliphatic carbocycles. The molecule has 5 heteroatoms. The summed E-state index contributed by atoms with van der Waals surface area (Å²) in [6.07, 6.45) is 3.53. The molecule has 1 fully saturated rings. The second-order valence-electron chi connectivity index (χ2n) is 11.9. The Morgan fingerprint density at radius 3 is 2.49 bits per heavy atom. The SMILES string of the molecule is C[C@H]1CC[C@H]2[C@H](C1)c1c(c3ccccc3c3nc4cc(C(=O)NCc5ccccc5)ccc4nc13)OC2(C)C. The van der Waals surface area contributed by atoms with Gasteiger partial charge in [-0.1, -0.05) is 67.9 Å². The third-order valence-corrected chi connectivity index (χ3v) is 8.89. The zero-order valence-electron chi connectivity index (χ0n) is 22.7. The van der Waals surface area contributed by atoms with Crippen molar-refractivity contribution in [3.8, 4) is 5.75 Å². The van der Waals surface area contributed by atoms with Gasteiger partial charge in [0.15, 0.2) is 0 Å². The highest BCUT2D eigenvalue weighted by Crippen LogP contribution is 2.56. The first-order valence-corrected chi connectivity index (χ1v) is 14.1. The van der Waals surface area contributed by atoms with Crippen LogP contribution in [-0.4, -0.2) is 21.5 Å². The molecule has 1 aromatic heterocycles. The van der Waals surface area contributed by atoms with E-state index in [4.69, 9.17) is 14.7 Å². The maximum absolute atomic E-state index is 13.0. The molecule has 1 aliphatic heterocycles. The molecule has 1 amide bonds. The van der Waals surface area contributed by atoms with Crippen LogP contribution in [0.1, 0.15) is 67.4 Å². The van der Waals surface area contributed by atoms with Crippen molar-refractivity contribution in [3.05, 3.63) is 89.5 Å². The van der Waals surface area contributed by atoms with Crippen LogP contribution in [0.4, 0.5) is 0 Å². The lowest BCUT2D eigenvalue weighted by molar-refractivity contribution is -0.0115. The first-order chi connectivity index (χ1) is 18.9. The Balaban J connectivity index is 1.38. The van der Waals surface area contributed by atoms with Crippen molar-refractivity contribution < 1.29 is 9.53 Å². The van der Waals surface area contributed by atoms with Gasteiger partial charge >= 0.3 is 0 Å². The number of carbonyl (C=O) groups excluding carboxylic acids is 1. The number of nitrogens with one attached hydrogen (secondary N) is 1. The molecule has 0 saturated heterocycles. The summed E-state index contributed by atoms with van der Waals surface area (Å²) >= 11 is 0. The van der Waals surface area contributed by atoms with E-state index in [-0.39, 0.29) is 11.5 Å². The maximum atomic E-state index is 13.0. The molecule has 196 valence electrons. The molecule has 5 aromatic rings. The van der Waals surface area contributed by atoms with Crippen LogP contribution in [0.25, 0.3) is 32.8 Å². The number of carbonyl (C=O) groups is 1. The minimum atomic E-state index is -0.236. The number of fused-ring (bicyclic) bond motifs is 9. The van der Waals surface area contributed by atoms with Crippen molar-refractivity contribution >= 4 is 38.7 Å². The van der Waals surface area contributed by atoms with Crippen molar-refractivity contribution in [3.63, 3.8) is 0 Å². The molecule has 0 spiro atoms. The highest BCUT2D eigenvalue weighted by Gasteiger charge is 2.47. The quantitative estimate of drug-likeness (QED) is 0.199. The van der Waals surface area contributed by atoms with E-state index in [1.807, 2.05) is 54.6 Å². The van der Waals surface area contributed by atoms with Crippen LogP contribution in [0.15, 0.2) is 72.8 Å². The fraction of sp³-hybridized carbons (Fsp3) is 0.324. The van der Waals surface area contributed by atoms with Gasteiger partial charge in [0.2, 0.25) is 0 Å². The predicted octanol–water partition coefficient (Wildman–Crippen LogP) is 7.56. The smallest absolute Gasteiger partial charge is 0.251 e. The molecule has 2 heterocycles. The summed E-state index contributed by atoms with van der Waals surface area (Å²) in [5.41, 5.74) is 5.99. The Bertz CT molecular complexity index is 1740. The fourth-order valence-corrected chi connectivity index (χ4v) is 6.92. The van der Waals surface area contributed by atoms with Gasteiger partial charge in [0.1, 0.15) is 11.4 Å². The zero-order chi connectivity index (χ0) is 26.7. The second kappa shape index (κ2) is 9.04. The van der Waals surface area contributed by atoms with Crippen molar-refractivity contribution in [1.29, 1.82) is 0 Å². The molecule has 39 heavy (non-hydrogen) atoms. The van der Waals surface area contributed by atoms with Gasteiger partial charge in [-0.25, -0.2) is 9.97 Å². The van der Waals surface area contributed by atoms with Crippen LogP contribution in [0, 0.1) is 11.8 Å². The van der Waals surface area contributed by atoms with Crippen LogP contribution < -0.4 is 10.1 Å². The number of hydrogen-bond donors (Lipinski definition) is 1. The molecule has 0 unspecified atom stereocenters. The number of aromatic nitrogens is 2. The van der Waals surface area contributed by atoms with E-state index in [9.17, 15) is 4.79 Å². The Morgan fingerprint density at radius 2 is 1.67 bits per heavy atom.